The minimum atomic E-state index is -0.113. The highest BCUT2D eigenvalue weighted by Crippen LogP contribution is 2.49. The van der Waals surface area contributed by atoms with Crippen molar-refractivity contribution in [2.24, 2.45) is 0 Å². The summed E-state index contributed by atoms with van der Waals surface area (Å²) in [7, 11) is 0. The first-order chi connectivity index (χ1) is 21.5. The van der Waals surface area contributed by atoms with Crippen molar-refractivity contribution < 1.29 is 4.42 Å². The van der Waals surface area contributed by atoms with Crippen LogP contribution in [0.25, 0.3) is 78.0 Å². The zero-order valence-corrected chi connectivity index (χ0v) is 24.4. The minimum absolute atomic E-state index is 0.113. The van der Waals surface area contributed by atoms with E-state index >= 15 is 0 Å². The van der Waals surface area contributed by atoms with Crippen molar-refractivity contribution in [1.82, 2.24) is 15.0 Å². The molecule has 0 radical (unpaired) electrons. The van der Waals surface area contributed by atoms with Gasteiger partial charge in [0.05, 0.1) is 0 Å². The van der Waals surface area contributed by atoms with Crippen LogP contribution in [0.15, 0.2) is 132 Å². The monoisotopic (exact) mass is 565 g/mol. The fourth-order valence-electron chi connectivity index (χ4n) is 6.80. The summed E-state index contributed by atoms with van der Waals surface area (Å²) in [5.74, 6) is 1.94. The van der Waals surface area contributed by atoms with Crippen molar-refractivity contribution >= 4 is 32.7 Å². The Hall–Kier alpha value is -5.61. The fraction of sp³-hybridized carbons (Fsp3) is 0.0750. The third-order valence-electron chi connectivity index (χ3n) is 9.10. The SMILES string of the molecule is CC1(C)c2ccccc2-c2ccc(-c3nc(-c4ccccc4)nc(-c4ccc5oc6cc7ccccc7cc6c5c4)n3)cc21. The van der Waals surface area contributed by atoms with Gasteiger partial charge < -0.3 is 4.42 Å². The maximum Gasteiger partial charge on any atom is 0.164 e. The molecule has 0 bridgehead atoms. The van der Waals surface area contributed by atoms with Crippen molar-refractivity contribution in [1.29, 1.82) is 0 Å². The molecule has 0 fully saturated rings. The smallest absolute Gasteiger partial charge is 0.164 e. The van der Waals surface area contributed by atoms with Gasteiger partial charge in [0.15, 0.2) is 17.5 Å². The van der Waals surface area contributed by atoms with Crippen LogP contribution in [0.3, 0.4) is 0 Å². The average molecular weight is 566 g/mol. The molecule has 44 heavy (non-hydrogen) atoms. The number of hydrogen-bond acceptors (Lipinski definition) is 4. The quantitative estimate of drug-likeness (QED) is 0.214. The lowest BCUT2D eigenvalue weighted by Gasteiger charge is -2.21. The van der Waals surface area contributed by atoms with Crippen LogP contribution in [0.5, 0.6) is 0 Å². The number of hydrogen-bond donors (Lipinski definition) is 0. The molecule has 0 N–H and O–H groups in total. The largest absolute Gasteiger partial charge is 0.456 e. The number of furan rings is 1. The first kappa shape index (κ1) is 24.9. The van der Waals surface area contributed by atoms with Crippen LogP contribution in [-0.2, 0) is 5.41 Å². The molecular formula is C40H27N3O. The maximum atomic E-state index is 6.27. The van der Waals surface area contributed by atoms with E-state index in [9.17, 15) is 0 Å². The van der Waals surface area contributed by atoms with Gasteiger partial charge in [-0.2, -0.15) is 0 Å². The Bertz CT molecular complexity index is 2420. The average Bonchev–Trinajstić information content (AvgIpc) is 3.54. The molecule has 208 valence electrons. The summed E-state index contributed by atoms with van der Waals surface area (Å²) in [6, 6.07) is 44.4. The second-order valence-corrected chi connectivity index (χ2v) is 12.1. The number of benzene rings is 6. The highest BCUT2D eigenvalue weighted by molar-refractivity contribution is 6.10. The van der Waals surface area contributed by atoms with Crippen LogP contribution in [0.2, 0.25) is 0 Å². The van der Waals surface area contributed by atoms with E-state index in [4.69, 9.17) is 19.4 Å². The van der Waals surface area contributed by atoms with Crippen LogP contribution < -0.4 is 0 Å². The third kappa shape index (κ3) is 3.74. The Balaban J connectivity index is 1.23. The molecule has 4 nitrogen and oxygen atoms in total. The van der Waals surface area contributed by atoms with Crippen LogP contribution >= 0.6 is 0 Å². The van der Waals surface area contributed by atoms with Crippen LogP contribution in [0.1, 0.15) is 25.0 Å². The molecule has 9 rings (SSSR count). The van der Waals surface area contributed by atoms with Crippen LogP contribution in [0, 0.1) is 0 Å². The lowest BCUT2D eigenvalue weighted by molar-refractivity contribution is 0.660. The van der Waals surface area contributed by atoms with Gasteiger partial charge in [-0.15, -0.1) is 0 Å². The minimum Gasteiger partial charge on any atom is -0.456 e. The van der Waals surface area contributed by atoms with Gasteiger partial charge in [-0.3, -0.25) is 0 Å². The third-order valence-corrected chi connectivity index (χ3v) is 9.10. The lowest BCUT2D eigenvalue weighted by Crippen LogP contribution is -2.15. The van der Waals surface area contributed by atoms with Gasteiger partial charge in [0.1, 0.15) is 11.2 Å². The molecule has 0 spiro atoms. The Labute approximate surface area is 254 Å². The number of rotatable bonds is 3. The number of aromatic nitrogens is 3. The highest BCUT2D eigenvalue weighted by Gasteiger charge is 2.35. The van der Waals surface area contributed by atoms with E-state index in [1.54, 1.807) is 0 Å². The van der Waals surface area contributed by atoms with E-state index < -0.39 is 0 Å². The van der Waals surface area contributed by atoms with Gasteiger partial charge in [0, 0.05) is 32.9 Å². The number of nitrogens with zero attached hydrogens (tertiary/aromatic N) is 3. The molecule has 4 heteroatoms. The van der Waals surface area contributed by atoms with E-state index in [0.29, 0.717) is 17.5 Å². The van der Waals surface area contributed by atoms with Gasteiger partial charge in [-0.05, 0) is 69.4 Å². The molecule has 0 saturated heterocycles. The fourth-order valence-corrected chi connectivity index (χ4v) is 6.80. The lowest BCUT2D eigenvalue weighted by atomic mass is 9.82. The van der Waals surface area contributed by atoms with Crippen LogP contribution in [-0.4, -0.2) is 15.0 Å². The Morgan fingerprint density at radius 1 is 0.455 bits per heavy atom. The molecule has 1 aliphatic rings. The zero-order chi connectivity index (χ0) is 29.4. The summed E-state index contributed by atoms with van der Waals surface area (Å²) >= 11 is 0. The predicted octanol–water partition coefficient (Wildman–Crippen LogP) is 10.2. The number of fused-ring (bicyclic) bond motifs is 7. The molecule has 6 aromatic carbocycles. The van der Waals surface area contributed by atoms with Crippen molar-refractivity contribution in [3.8, 4) is 45.3 Å². The first-order valence-corrected chi connectivity index (χ1v) is 14.9. The Morgan fingerprint density at radius 2 is 1.05 bits per heavy atom. The second-order valence-electron chi connectivity index (χ2n) is 12.1. The van der Waals surface area contributed by atoms with Gasteiger partial charge >= 0.3 is 0 Å². The van der Waals surface area contributed by atoms with Crippen LogP contribution in [0.4, 0.5) is 0 Å². The zero-order valence-electron chi connectivity index (χ0n) is 24.4. The van der Waals surface area contributed by atoms with E-state index in [1.165, 1.54) is 27.6 Å². The topological polar surface area (TPSA) is 51.8 Å². The van der Waals surface area contributed by atoms with E-state index in [1.807, 2.05) is 42.5 Å². The second kappa shape index (κ2) is 9.19. The molecule has 2 aromatic heterocycles. The predicted molar refractivity (Wildman–Crippen MR) is 178 cm³/mol. The molecule has 1 aliphatic carbocycles. The molecule has 2 heterocycles. The first-order valence-electron chi connectivity index (χ1n) is 14.9. The normalized spacial score (nSPS) is 13.4. The van der Waals surface area contributed by atoms with Crippen molar-refractivity contribution in [2.45, 2.75) is 19.3 Å². The van der Waals surface area contributed by atoms with Crippen molar-refractivity contribution in [3.05, 3.63) is 139 Å². The Morgan fingerprint density at radius 3 is 1.84 bits per heavy atom. The molecule has 0 amide bonds. The van der Waals surface area contributed by atoms with E-state index in [-0.39, 0.29) is 5.41 Å². The van der Waals surface area contributed by atoms with E-state index in [2.05, 4.69) is 98.8 Å². The summed E-state index contributed by atoms with van der Waals surface area (Å²) in [6.07, 6.45) is 0. The summed E-state index contributed by atoms with van der Waals surface area (Å²) in [5, 5.41) is 4.47. The molecule has 8 aromatic rings. The van der Waals surface area contributed by atoms with Gasteiger partial charge in [0.25, 0.3) is 0 Å². The molecule has 0 atom stereocenters. The summed E-state index contributed by atoms with van der Waals surface area (Å²) in [6.45, 7) is 4.59. The summed E-state index contributed by atoms with van der Waals surface area (Å²) in [4.78, 5) is 15.1. The highest BCUT2D eigenvalue weighted by atomic mass is 16.3. The molecular weight excluding hydrogens is 538 g/mol. The summed E-state index contributed by atoms with van der Waals surface area (Å²) in [5.41, 5.74) is 9.67. The molecule has 0 saturated carbocycles. The maximum absolute atomic E-state index is 6.27. The van der Waals surface area contributed by atoms with Gasteiger partial charge in [0.2, 0.25) is 0 Å². The van der Waals surface area contributed by atoms with Crippen molar-refractivity contribution in [3.63, 3.8) is 0 Å². The van der Waals surface area contributed by atoms with Gasteiger partial charge in [-0.25, -0.2) is 15.0 Å². The van der Waals surface area contributed by atoms with Crippen molar-refractivity contribution in [2.75, 3.05) is 0 Å². The molecule has 0 unspecified atom stereocenters. The van der Waals surface area contributed by atoms with Gasteiger partial charge in [-0.1, -0.05) is 105 Å². The standard InChI is InChI=1S/C40H27N3O/c1-40(2)33-15-9-8-14-29(33)30-18-16-28(22-34(30)40)39-42-37(24-10-4-3-5-11-24)41-38(43-39)27-17-19-35-31(21-27)32-20-25-12-6-7-13-26(25)23-36(32)44-35/h3-23H,1-2H3. The Kier molecular flexibility index (Phi) is 5.21. The van der Waals surface area contributed by atoms with E-state index in [0.717, 1.165) is 44.0 Å². The summed E-state index contributed by atoms with van der Waals surface area (Å²) < 4.78 is 6.27. The molecule has 0 aliphatic heterocycles.